The second-order valence-corrected chi connectivity index (χ2v) is 8.12. The van der Waals surface area contributed by atoms with Crippen molar-refractivity contribution >= 4 is 17.7 Å². The zero-order valence-electron chi connectivity index (χ0n) is 18.6. The number of benzene rings is 2. The van der Waals surface area contributed by atoms with Gasteiger partial charge in [-0.1, -0.05) is 42.1 Å². The third-order valence-corrected chi connectivity index (χ3v) is 5.93. The fraction of sp³-hybridized carbons (Fsp3) is 0.208. The Labute approximate surface area is 196 Å². The summed E-state index contributed by atoms with van der Waals surface area (Å²) in [7, 11) is 4.99. The smallest absolute Gasteiger partial charge is 0.233 e. The van der Waals surface area contributed by atoms with E-state index in [0.29, 0.717) is 40.5 Å². The van der Waals surface area contributed by atoms with Crippen molar-refractivity contribution in [3.63, 3.8) is 0 Å². The fourth-order valence-electron chi connectivity index (χ4n) is 3.30. The van der Waals surface area contributed by atoms with Crippen LogP contribution in [0.4, 0.5) is 0 Å². The number of methoxy groups -OCH3 is 2. The van der Waals surface area contributed by atoms with Crippen LogP contribution in [-0.4, -0.2) is 52.6 Å². The Hall–Kier alpha value is -3.72. The van der Waals surface area contributed by atoms with Gasteiger partial charge in [0.05, 0.1) is 31.9 Å². The highest BCUT2D eigenvalue weighted by atomic mass is 32.2. The molecule has 0 radical (unpaired) electrons. The number of aromatic nitrogens is 3. The molecule has 0 saturated heterocycles. The maximum absolute atomic E-state index is 12.8. The van der Waals surface area contributed by atoms with Crippen LogP contribution in [0.5, 0.6) is 11.5 Å². The first kappa shape index (κ1) is 22.5. The molecule has 33 heavy (non-hydrogen) atoms. The quantitative estimate of drug-likeness (QED) is 0.342. The number of carbonyl (C=O) groups is 1. The number of rotatable bonds is 9. The molecule has 4 rings (SSSR count). The van der Waals surface area contributed by atoms with Crippen LogP contribution in [0, 0.1) is 0 Å². The van der Waals surface area contributed by atoms with E-state index in [1.54, 1.807) is 44.6 Å². The van der Waals surface area contributed by atoms with Gasteiger partial charge in [-0.05, 0) is 29.8 Å². The van der Waals surface area contributed by atoms with Gasteiger partial charge in [-0.25, -0.2) is 0 Å². The predicted octanol–water partition coefficient (Wildman–Crippen LogP) is 4.30. The molecule has 0 aliphatic carbocycles. The van der Waals surface area contributed by atoms with E-state index in [1.807, 2.05) is 53.1 Å². The number of thioether (sulfide) groups is 1. The molecule has 0 spiro atoms. The van der Waals surface area contributed by atoms with Crippen LogP contribution < -0.4 is 9.47 Å². The molecular weight excluding hydrogens is 440 g/mol. The fourth-order valence-corrected chi connectivity index (χ4v) is 4.18. The molecule has 2 heterocycles. The minimum absolute atomic E-state index is 0.0180. The Kier molecular flexibility index (Phi) is 6.99. The number of hydrogen-bond acceptors (Lipinski definition) is 7. The Morgan fingerprint density at radius 2 is 1.88 bits per heavy atom. The molecule has 0 aliphatic heterocycles. The van der Waals surface area contributed by atoms with Crippen molar-refractivity contribution in [1.29, 1.82) is 0 Å². The van der Waals surface area contributed by atoms with Gasteiger partial charge in [0, 0.05) is 19.7 Å². The number of nitrogens with zero attached hydrogens (tertiary/aromatic N) is 4. The Morgan fingerprint density at radius 1 is 1.06 bits per heavy atom. The van der Waals surface area contributed by atoms with Gasteiger partial charge in [0.2, 0.25) is 11.7 Å². The third kappa shape index (κ3) is 5.04. The topological polar surface area (TPSA) is 82.6 Å². The van der Waals surface area contributed by atoms with E-state index in [-0.39, 0.29) is 11.7 Å². The lowest BCUT2D eigenvalue weighted by Gasteiger charge is -2.17. The first-order chi connectivity index (χ1) is 16.1. The molecule has 0 atom stereocenters. The van der Waals surface area contributed by atoms with Gasteiger partial charge in [-0.2, -0.15) is 0 Å². The van der Waals surface area contributed by atoms with E-state index in [2.05, 4.69) is 10.2 Å². The van der Waals surface area contributed by atoms with Crippen LogP contribution in [-0.2, 0) is 11.3 Å². The summed E-state index contributed by atoms with van der Waals surface area (Å²) in [4.78, 5) is 14.5. The number of furan rings is 1. The van der Waals surface area contributed by atoms with Crippen molar-refractivity contribution in [1.82, 2.24) is 19.7 Å². The zero-order chi connectivity index (χ0) is 23.2. The van der Waals surface area contributed by atoms with E-state index in [4.69, 9.17) is 13.9 Å². The lowest BCUT2D eigenvalue weighted by molar-refractivity contribution is -0.127. The molecule has 0 fully saturated rings. The minimum Gasteiger partial charge on any atom is -0.497 e. The molecule has 2 aromatic heterocycles. The molecule has 0 aliphatic rings. The van der Waals surface area contributed by atoms with Crippen molar-refractivity contribution < 1.29 is 18.7 Å². The van der Waals surface area contributed by atoms with E-state index in [9.17, 15) is 4.79 Å². The highest BCUT2D eigenvalue weighted by Gasteiger charge is 2.22. The number of hydrogen-bond donors (Lipinski definition) is 0. The first-order valence-corrected chi connectivity index (χ1v) is 11.2. The summed E-state index contributed by atoms with van der Waals surface area (Å²) in [6, 6.07) is 18.9. The van der Waals surface area contributed by atoms with Crippen molar-refractivity contribution in [2.24, 2.45) is 0 Å². The van der Waals surface area contributed by atoms with Crippen molar-refractivity contribution in [2.75, 3.05) is 27.0 Å². The standard InChI is InChI=1S/C24H24N4O4S/c1-27(15-17-8-5-4-6-9-17)22(29)16-33-24-26-25-23(21-10-7-13-32-21)28(24)19-14-18(30-2)11-12-20(19)31-3/h4-14H,15-16H2,1-3H3. The summed E-state index contributed by atoms with van der Waals surface area (Å²) in [5.74, 6) is 2.49. The Balaban J connectivity index is 1.62. The number of amides is 1. The summed E-state index contributed by atoms with van der Waals surface area (Å²) < 4.78 is 18.4. The molecule has 2 aromatic carbocycles. The summed E-state index contributed by atoms with van der Waals surface area (Å²) in [6.45, 7) is 0.536. The van der Waals surface area contributed by atoms with Crippen LogP contribution in [0.3, 0.4) is 0 Å². The van der Waals surface area contributed by atoms with E-state index < -0.39 is 0 Å². The molecule has 8 nitrogen and oxygen atoms in total. The van der Waals surface area contributed by atoms with Crippen LogP contribution >= 0.6 is 11.8 Å². The highest BCUT2D eigenvalue weighted by molar-refractivity contribution is 7.99. The Bertz CT molecular complexity index is 1210. The lowest BCUT2D eigenvalue weighted by atomic mass is 10.2. The monoisotopic (exact) mass is 464 g/mol. The minimum atomic E-state index is -0.0180. The molecule has 0 unspecified atom stereocenters. The zero-order valence-corrected chi connectivity index (χ0v) is 19.4. The molecule has 9 heteroatoms. The first-order valence-electron chi connectivity index (χ1n) is 10.2. The number of carbonyl (C=O) groups excluding carboxylic acids is 1. The molecule has 0 saturated carbocycles. The van der Waals surface area contributed by atoms with Crippen LogP contribution in [0.2, 0.25) is 0 Å². The second kappa shape index (κ2) is 10.3. The SMILES string of the molecule is COc1ccc(OC)c(-n2c(SCC(=O)N(C)Cc3ccccc3)nnc2-c2ccco2)c1. The van der Waals surface area contributed by atoms with E-state index >= 15 is 0 Å². The molecule has 4 aromatic rings. The second-order valence-electron chi connectivity index (χ2n) is 7.18. The van der Waals surface area contributed by atoms with Crippen LogP contribution in [0.15, 0.2) is 76.5 Å². The normalized spacial score (nSPS) is 10.8. The molecule has 0 N–H and O–H groups in total. The van der Waals surface area contributed by atoms with Gasteiger partial charge >= 0.3 is 0 Å². The van der Waals surface area contributed by atoms with Crippen molar-refractivity contribution in [2.45, 2.75) is 11.7 Å². The molecular formula is C24H24N4O4S. The lowest BCUT2D eigenvalue weighted by Crippen LogP contribution is -2.27. The van der Waals surface area contributed by atoms with E-state index in [0.717, 1.165) is 5.56 Å². The average molecular weight is 465 g/mol. The highest BCUT2D eigenvalue weighted by Crippen LogP contribution is 2.35. The maximum Gasteiger partial charge on any atom is 0.233 e. The van der Waals surface area contributed by atoms with E-state index in [1.165, 1.54) is 11.8 Å². The Morgan fingerprint density at radius 3 is 2.58 bits per heavy atom. The average Bonchev–Trinajstić information content (AvgIpc) is 3.52. The van der Waals surface area contributed by atoms with Gasteiger partial charge in [0.1, 0.15) is 11.5 Å². The predicted molar refractivity (Wildman–Crippen MR) is 126 cm³/mol. The molecule has 1 amide bonds. The van der Waals surface area contributed by atoms with Gasteiger partial charge in [-0.15, -0.1) is 10.2 Å². The van der Waals surface area contributed by atoms with Crippen LogP contribution in [0.1, 0.15) is 5.56 Å². The summed E-state index contributed by atoms with van der Waals surface area (Å²) in [5.41, 5.74) is 1.75. The van der Waals surface area contributed by atoms with Gasteiger partial charge in [0.25, 0.3) is 0 Å². The summed E-state index contributed by atoms with van der Waals surface area (Å²) in [5, 5.41) is 9.21. The van der Waals surface area contributed by atoms with Gasteiger partial charge in [0.15, 0.2) is 10.9 Å². The largest absolute Gasteiger partial charge is 0.497 e. The summed E-state index contributed by atoms with van der Waals surface area (Å²) in [6.07, 6.45) is 1.58. The van der Waals surface area contributed by atoms with Gasteiger partial charge < -0.3 is 18.8 Å². The molecule has 170 valence electrons. The number of ether oxygens (including phenoxy) is 2. The van der Waals surface area contributed by atoms with Crippen LogP contribution in [0.25, 0.3) is 17.3 Å². The maximum atomic E-state index is 12.8. The summed E-state index contributed by atoms with van der Waals surface area (Å²) >= 11 is 1.30. The van der Waals surface area contributed by atoms with Gasteiger partial charge in [-0.3, -0.25) is 9.36 Å². The third-order valence-electron chi connectivity index (χ3n) is 5.01. The van der Waals surface area contributed by atoms with Crippen molar-refractivity contribution in [3.8, 4) is 28.8 Å². The molecule has 0 bridgehead atoms. The van der Waals surface area contributed by atoms with Crippen molar-refractivity contribution in [3.05, 3.63) is 72.5 Å².